The summed E-state index contributed by atoms with van der Waals surface area (Å²) < 4.78 is 14.1. The van der Waals surface area contributed by atoms with Gasteiger partial charge in [-0.1, -0.05) is 6.07 Å². The number of carbonyl (C=O) groups excluding carboxylic acids is 1. The van der Waals surface area contributed by atoms with Gasteiger partial charge in [-0.05, 0) is 31.2 Å². The zero-order valence-electron chi connectivity index (χ0n) is 11.4. The molecule has 5 nitrogen and oxygen atoms in total. The molecule has 0 spiro atoms. The number of anilines is 2. The van der Waals surface area contributed by atoms with E-state index in [1.54, 1.807) is 25.1 Å². The number of nitrogens with one attached hydrogen (secondary N) is 2. The van der Waals surface area contributed by atoms with E-state index >= 15 is 0 Å². The van der Waals surface area contributed by atoms with Gasteiger partial charge in [0.05, 0.1) is 17.2 Å². The highest BCUT2D eigenvalue weighted by Crippen LogP contribution is 2.17. The molecule has 0 atom stereocenters. The van der Waals surface area contributed by atoms with Gasteiger partial charge in [0.1, 0.15) is 0 Å². The van der Waals surface area contributed by atoms with Gasteiger partial charge in [0.15, 0.2) is 11.6 Å². The minimum atomic E-state index is -0.701. The molecule has 2 rings (SSSR count). The number of halogens is 1. The lowest BCUT2D eigenvalue weighted by Crippen LogP contribution is -2.15. The van der Waals surface area contributed by atoms with Crippen molar-refractivity contribution in [3.05, 3.63) is 53.5 Å². The van der Waals surface area contributed by atoms with E-state index in [2.05, 4.69) is 15.6 Å². The van der Waals surface area contributed by atoms with Crippen LogP contribution in [0.1, 0.15) is 22.8 Å². The van der Waals surface area contributed by atoms with Crippen LogP contribution in [0.2, 0.25) is 0 Å². The van der Waals surface area contributed by atoms with Crippen LogP contribution in [0.25, 0.3) is 0 Å². The van der Waals surface area contributed by atoms with Crippen molar-refractivity contribution in [3.63, 3.8) is 0 Å². The fourth-order valence-electron chi connectivity index (χ4n) is 1.77. The van der Waals surface area contributed by atoms with Crippen LogP contribution in [0, 0.1) is 17.1 Å². The van der Waals surface area contributed by atoms with Gasteiger partial charge in [0.25, 0.3) is 5.91 Å². The number of amides is 1. The largest absolute Gasteiger partial charge is 0.368 e. The van der Waals surface area contributed by atoms with Crippen molar-refractivity contribution in [1.82, 2.24) is 4.98 Å². The molecule has 2 N–H and O–H groups in total. The number of hydrogen-bond donors (Lipinski definition) is 2. The number of aromatic nitrogens is 1. The lowest BCUT2D eigenvalue weighted by molar-refractivity contribution is 0.102. The molecule has 1 heterocycles. The van der Waals surface area contributed by atoms with Crippen LogP contribution in [-0.2, 0) is 0 Å². The second kappa shape index (κ2) is 6.48. The number of benzene rings is 1. The van der Waals surface area contributed by atoms with Gasteiger partial charge in [-0.25, -0.2) is 9.37 Å². The Morgan fingerprint density at radius 2 is 2.24 bits per heavy atom. The minimum Gasteiger partial charge on any atom is -0.368 e. The highest BCUT2D eigenvalue weighted by Gasteiger charge is 2.16. The maximum absolute atomic E-state index is 14.1. The SMILES string of the molecule is CCNc1nccc(C(=O)Nc2cccc(C#N)c2)c1F. The van der Waals surface area contributed by atoms with E-state index in [-0.39, 0.29) is 11.4 Å². The van der Waals surface area contributed by atoms with Crippen LogP contribution in [0.5, 0.6) is 0 Å². The van der Waals surface area contributed by atoms with Gasteiger partial charge in [-0.15, -0.1) is 0 Å². The van der Waals surface area contributed by atoms with E-state index in [0.29, 0.717) is 17.8 Å². The molecule has 0 saturated carbocycles. The second-order valence-electron chi connectivity index (χ2n) is 4.20. The van der Waals surface area contributed by atoms with Crippen LogP contribution < -0.4 is 10.6 Å². The van der Waals surface area contributed by atoms with Gasteiger partial charge in [-0.3, -0.25) is 4.79 Å². The first-order chi connectivity index (χ1) is 10.2. The van der Waals surface area contributed by atoms with Gasteiger partial charge in [-0.2, -0.15) is 5.26 Å². The Hall–Kier alpha value is -2.94. The molecule has 1 aromatic carbocycles. The first-order valence-corrected chi connectivity index (χ1v) is 6.35. The molecule has 0 aliphatic carbocycles. The zero-order chi connectivity index (χ0) is 15.2. The summed E-state index contributed by atoms with van der Waals surface area (Å²) in [5, 5.41) is 14.1. The summed E-state index contributed by atoms with van der Waals surface area (Å²) in [6.45, 7) is 2.31. The first kappa shape index (κ1) is 14.5. The standard InChI is InChI=1S/C15H13FN4O/c1-2-18-14-13(16)12(6-7-19-14)15(21)20-11-5-3-4-10(8-11)9-17/h3-8H,2H2,1H3,(H,18,19)(H,20,21). The molecule has 0 bridgehead atoms. The monoisotopic (exact) mass is 284 g/mol. The van der Waals surface area contributed by atoms with E-state index in [4.69, 9.17) is 5.26 Å². The third-order valence-electron chi connectivity index (χ3n) is 2.73. The highest BCUT2D eigenvalue weighted by atomic mass is 19.1. The maximum atomic E-state index is 14.1. The van der Waals surface area contributed by atoms with Crippen molar-refractivity contribution in [2.24, 2.45) is 0 Å². The smallest absolute Gasteiger partial charge is 0.258 e. The summed E-state index contributed by atoms with van der Waals surface area (Å²) in [5.74, 6) is -1.26. The molecule has 1 amide bonds. The van der Waals surface area contributed by atoms with E-state index < -0.39 is 11.7 Å². The molecule has 0 saturated heterocycles. The quantitative estimate of drug-likeness (QED) is 0.905. The Balaban J connectivity index is 2.24. The molecule has 0 unspecified atom stereocenters. The van der Waals surface area contributed by atoms with Gasteiger partial charge in [0, 0.05) is 18.4 Å². The van der Waals surface area contributed by atoms with E-state index in [1.165, 1.54) is 18.3 Å². The number of pyridine rings is 1. The highest BCUT2D eigenvalue weighted by molar-refractivity contribution is 6.04. The van der Waals surface area contributed by atoms with Crippen LogP contribution in [0.15, 0.2) is 36.5 Å². The van der Waals surface area contributed by atoms with Gasteiger partial charge in [0.2, 0.25) is 0 Å². The normalized spacial score (nSPS) is 9.76. The summed E-state index contributed by atoms with van der Waals surface area (Å²) in [5.41, 5.74) is 0.736. The lowest BCUT2D eigenvalue weighted by Gasteiger charge is -2.09. The molecule has 2 aromatic rings. The van der Waals surface area contributed by atoms with Crippen LogP contribution in [0.4, 0.5) is 15.9 Å². The summed E-state index contributed by atoms with van der Waals surface area (Å²) in [6.07, 6.45) is 1.36. The average Bonchev–Trinajstić information content (AvgIpc) is 2.49. The number of nitrogens with zero attached hydrogens (tertiary/aromatic N) is 2. The topological polar surface area (TPSA) is 77.8 Å². The van der Waals surface area contributed by atoms with E-state index in [1.807, 2.05) is 6.07 Å². The summed E-state index contributed by atoms with van der Waals surface area (Å²) >= 11 is 0. The molecule has 0 radical (unpaired) electrons. The van der Waals surface area contributed by atoms with Gasteiger partial charge < -0.3 is 10.6 Å². The molecule has 0 aliphatic heterocycles. The Kier molecular flexibility index (Phi) is 4.46. The van der Waals surface area contributed by atoms with Crippen molar-refractivity contribution in [3.8, 4) is 6.07 Å². The lowest BCUT2D eigenvalue weighted by atomic mass is 10.2. The van der Waals surface area contributed by atoms with Gasteiger partial charge >= 0.3 is 0 Å². The summed E-state index contributed by atoms with van der Waals surface area (Å²) in [7, 11) is 0. The molecule has 106 valence electrons. The Labute approximate surface area is 121 Å². The van der Waals surface area contributed by atoms with Crippen LogP contribution in [-0.4, -0.2) is 17.4 Å². The minimum absolute atomic E-state index is 0.0379. The Bertz CT molecular complexity index is 709. The molecule has 1 aromatic heterocycles. The van der Waals surface area contributed by atoms with Crippen LogP contribution in [0.3, 0.4) is 0 Å². The van der Waals surface area contributed by atoms with Crippen molar-refractivity contribution >= 4 is 17.4 Å². The number of rotatable bonds is 4. The number of hydrogen-bond acceptors (Lipinski definition) is 4. The Morgan fingerprint density at radius 3 is 2.95 bits per heavy atom. The Morgan fingerprint density at radius 1 is 1.43 bits per heavy atom. The summed E-state index contributed by atoms with van der Waals surface area (Å²) in [6, 6.07) is 9.68. The second-order valence-corrected chi connectivity index (χ2v) is 4.20. The third-order valence-corrected chi connectivity index (χ3v) is 2.73. The molecule has 6 heteroatoms. The predicted molar refractivity (Wildman–Crippen MR) is 77.5 cm³/mol. The number of nitriles is 1. The summed E-state index contributed by atoms with van der Waals surface area (Å²) in [4.78, 5) is 15.9. The first-order valence-electron chi connectivity index (χ1n) is 6.35. The fraction of sp³-hybridized carbons (Fsp3) is 0.133. The molecule has 0 aliphatic rings. The average molecular weight is 284 g/mol. The van der Waals surface area contributed by atoms with Crippen molar-refractivity contribution < 1.29 is 9.18 Å². The zero-order valence-corrected chi connectivity index (χ0v) is 11.4. The number of carbonyl (C=O) groups is 1. The maximum Gasteiger partial charge on any atom is 0.258 e. The molecule has 0 fully saturated rings. The van der Waals surface area contributed by atoms with Crippen LogP contribution >= 0.6 is 0 Å². The van der Waals surface area contributed by atoms with E-state index in [9.17, 15) is 9.18 Å². The molecular weight excluding hydrogens is 271 g/mol. The fourth-order valence-corrected chi connectivity index (χ4v) is 1.77. The molecule has 21 heavy (non-hydrogen) atoms. The van der Waals surface area contributed by atoms with Crippen molar-refractivity contribution in [2.75, 3.05) is 17.2 Å². The van der Waals surface area contributed by atoms with Crippen molar-refractivity contribution in [1.29, 1.82) is 5.26 Å². The third kappa shape index (κ3) is 3.34. The molecular formula is C15H13FN4O. The predicted octanol–water partition coefficient (Wildman–Crippen LogP) is 2.78. The van der Waals surface area contributed by atoms with Crippen molar-refractivity contribution in [2.45, 2.75) is 6.92 Å². The van der Waals surface area contributed by atoms with E-state index in [0.717, 1.165) is 0 Å².